The molecule has 0 unspecified atom stereocenters. The molecule has 0 spiro atoms. The number of nitrogens with one attached hydrogen (secondary N) is 2. The lowest BCUT2D eigenvalue weighted by atomic mass is 9.99. The minimum Gasteiger partial charge on any atom is -0.272 e. The van der Waals surface area contributed by atoms with E-state index in [0.717, 1.165) is 31.4 Å². The zero-order valence-electron chi connectivity index (χ0n) is 13.1. The van der Waals surface area contributed by atoms with Crippen LogP contribution in [0, 0.1) is 0 Å². The quantitative estimate of drug-likeness (QED) is 0.807. The number of amides is 1. The molecule has 126 valence electrons. The van der Waals surface area contributed by atoms with E-state index in [1.165, 1.54) is 31.4 Å². The summed E-state index contributed by atoms with van der Waals surface area (Å²) in [6, 6.07) is 7.96. The van der Waals surface area contributed by atoms with Gasteiger partial charge in [-0.05, 0) is 37.8 Å². The summed E-state index contributed by atoms with van der Waals surface area (Å²) in [6.07, 6.45) is 7.64. The molecule has 1 amide bonds. The normalized spacial score (nSPS) is 16.3. The van der Waals surface area contributed by atoms with E-state index in [0.29, 0.717) is 0 Å². The Morgan fingerprint density at radius 2 is 1.61 bits per heavy atom. The maximum atomic E-state index is 12.0. The minimum absolute atomic E-state index is 0.138. The van der Waals surface area contributed by atoms with Gasteiger partial charge in [0.05, 0.1) is 11.4 Å². The number of sulfonamides is 1. The summed E-state index contributed by atoms with van der Waals surface area (Å²) in [4.78, 5) is 11.9. The van der Waals surface area contributed by atoms with Crippen molar-refractivity contribution in [2.24, 2.45) is 5.10 Å². The Morgan fingerprint density at radius 3 is 2.26 bits per heavy atom. The molecule has 1 fully saturated rings. The monoisotopic (exact) mass is 337 g/mol. The third-order valence-corrected chi connectivity index (χ3v) is 5.16. The van der Waals surface area contributed by atoms with Crippen LogP contribution in [0.25, 0.3) is 0 Å². The van der Waals surface area contributed by atoms with Crippen LogP contribution < -0.4 is 10.1 Å². The molecular formula is C16H23N3O3S. The first-order valence-corrected chi connectivity index (χ1v) is 9.45. The Labute approximate surface area is 137 Å². The summed E-state index contributed by atoms with van der Waals surface area (Å²) in [5.41, 5.74) is 3.44. The topological polar surface area (TPSA) is 87.6 Å². The van der Waals surface area contributed by atoms with Crippen molar-refractivity contribution in [1.82, 2.24) is 10.1 Å². The van der Waals surface area contributed by atoms with Gasteiger partial charge in [0, 0.05) is 5.71 Å². The number of benzene rings is 1. The highest BCUT2D eigenvalue weighted by Gasteiger charge is 2.14. The fourth-order valence-corrected chi connectivity index (χ4v) is 3.45. The maximum absolute atomic E-state index is 12.0. The van der Waals surface area contributed by atoms with Crippen LogP contribution >= 0.6 is 0 Å². The van der Waals surface area contributed by atoms with Gasteiger partial charge in [-0.3, -0.25) is 4.79 Å². The molecule has 2 rings (SSSR count). The lowest BCUT2D eigenvalue weighted by molar-refractivity contribution is -0.119. The first-order chi connectivity index (χ1) is 11.1. The largest absolute Gasteiger partial charge is 0.272 e. The van der Waals surface area contributed by atoms with Crippen molar-refractivity contribution in [3.8, 4) is 0 Å². The van der Waals surface area contributed by atoms with Gasteiger partial charge in [0.1, 0.15) is 0 Å². The molecular weight excluding hydrogens is 314 g/mol. The molecule has 0 atom stereocenters. The zero-order chi connectivity index (χ0) is 16.5. The molecule has 2 N–H and O–H groups in total. The predicted molar refractivity (Wildman–Crippen MR) is 89.5 cm³/mol. The van der Waals surface area contributed by atoms with Gasteiger partial charge in [-0.1, -0.05) is 37.5 Å². The number of hydrazone groups is 1. The van der Waals surface area contributed by atoms with E-state index in [-0.39, 0.29) is 11.4 Å². The number of nitrogens with zero attached hydrogens (tertiary/aromatic N) is 1. The molecule has 23 heavy (non-hydrogen) atoms. The molecule has 0 aliphatic heterocycles. The SMILES string of the molecule is O=C(CNS(=O)(=O)c1ccccc1)NN=C1CCCCCCC1. The first-order valence-electron chi connectivity index (χ1n) is 7.97. The van der Waals surface area contributed by atoms with Gasteiger partial charge in [-0.2, -0.15) is 5.10 Å². The second-order valence-corrected chi connectivity index (χ2v) is 7.39. The summed E-state index contributed by atoms with van der Waals surface area (Å²) < 4.78 is 26.3. The van der Waals surface area contributed by atoms with E-state index in [2.05, 4.69) is 15.2 Å². The van der Waals surface area contributed by atoms with Crippen LogP contribution in [0.1, 0.15) is 44.9 Å². The molecule has 6 nitrogen and oxygen atoms in total. The Morgan fingerprint density at radius 1 is 1.00 bits per heavy atom. The van der Waals surface area contributed by atoms with Crippen molar-refractivity contribution in [3.63, 3.8) is 0 Å². The van der Waals surface area contributed by atoms with Crippen LogP contribution in [0.15, 0.2) is 40.3 Å². The van der Waals surface area contributed by atoms with E-state index < -0.39 is 15.9 Å². The Balaban J connectivity index is 1.82. The third kappa shape index (κ3) is 6.11. The molecule has 1 aliphatic rings. The highest BCUT2D eigenvalue weighted by Crippen LogP contribution is 2.14. The van der Waals surface area contributed by atoms with Crippen molar-refractivity contribution in [2.75, 3.05) is 6.54 Å². The molecule has 0 saturated heterocycles. The molecule has 1 aromatic rings. The second kappa shape index (κ2) is 8.79. The van der Waals surface area contributed by atoms with Gasteiger partial charge in [-0.15, -0.1) is 0 Å². The zero-order valence-corrected chi connectivity index (χ0v) is 13.9. The molecule has 0 aromatic heterocycles. The first kappa shape index (κ1) is 17.6. The number of hydrogen-bond acceptors (Lipinski definition) is 4. The van der Waals surface area contributed by atoms with Crippen molar-refractivity contribution in [1.29, 1.82) is 0 Å². The number of carbonyl (C=O) groups excluding carboxylic acids is 1. The fourth-order valence-electron chi connectivity index (χ4n) is 2.45. The van der Waals surface area contributed by atoms with Gasteiger partial charge in [0.25, 0.3) is 5.91 Å². The molecule has 1 saturated carbocycles. The van der Waals surface area contributed by atoms with Crippen molar-refractivity contribution < 1.29 is 13.2 Å². The minimum atomic E-state index is -3.67. The predicted octanol–water partition coefficient (Wildman–Crippen LogP) is 2.18. The van der Waals surface area contributed by atoms with Crippen molar-refractivity contribution >= 4 is 21.6 Å². The van der Waals surface area contributed by atoms with Crippen LogP contribution in [-0.2, 0) is 14.8 Å². The summed E-state index contributed by atoms with van der Waals surface area (Å²) in [6.45, 7) is -0.325. The lowest BCUT2D eigenvalue weighted by Crippen LogP contribution is -2.35. The summed E-state index contributed by atoms with van der Waals surface area (Å²) in [5, 5.41) is 4.14. The van der Waals surface area contributed by atoms with Crippen LogP contribution in [0.4, 0.5) is 0 Å². The summed E-state index contributed by atoms with van der Waals surface area (Å²) in [5.74, 6) is -0.459. The molecule has 0 bridgehead atoms. The van der Waals surface area contributed by atoms with Gasteiger partial charge in [0.2, 0.25) is 10.0 Å². The van der Waals surface area contributed by atoms with E-state index in [1.807, 2.05) is 0 Å². The average Bonchev–Trinajstić information content (AvgIpc) is 2.53. The van der Waals surface area contributed by atoms with Gasteiger partial charge >= 0.3 is 0 Å². The van der Waals surface area contributed by atoms with Crippen molar-refractivity contribution in [2.45, 2.75) is 49.8 Å². The molecule has 0 radical (unpaired) electrons. The van der Waals surface area contributed by atoms with Gasteiger partial charge < -0.3 is 0 Å². The van der Waals surface area contributed by atoms with Crippen molar-refractivity contribution in [3.05, 3.63) is 30.3 Å². The van der Waals surface area contributed by atoms with E-state index in [9.17, 15) is 13.2 Å². The van der Waals surface area contributed by atoms with E-state index >= 15 is 0 Å². The Bertz CT molecular complexity index is 632. The highest BCUT2D eigenvalue weighted by molar-refractivity contribution is 7.89. The van der Waals surface area contributed by atoms with Gasteiger partial charge in [0.15, 0.2) is 0 Å². The standard InChI is InChI=1S/C16H23N3O3S/c20-16(19-18-14-9-5-2-1-3-6-10-14)13-17-23(21,22)15-11-7-4-8-12-15/h4,7-8,11-12,17H,1-3,5-6,9-10,13H2,(H,19,20). The van der Waals surface area contributed by atoms with Crippen LogP contribution in [-0.4, -0.2) is 26.6 Å². The van der Waals surface area contributed by atoms with Crippen LogP contribution in [0.5, 0.6) is 0 Å². The number of rotatable bonds is 5. The molecule has 7 heteroatoms. The van der Waals surface area contributed by atoms with Gasteiger partial charge in [-0.25, -0.2) is 18.6 Å². The van der Waals surface area contributed by atoms with Crippen LogP contribution in [0.3, 0.4) is 0 Å². The summed E-state index contributed by atoms with van der Waals surface area (Å²) in [7, 11) is -3.67. The van der Waals surface area contributed by atoms with E-state index in [4.69, 9.17) is 0 Å². The second-order valence-electron chi connectivity index (χ2n) is 5.62. The lowest BCUT2D eigenvalue weighted by Gasteiger charge is -2.11. The average molecular weight is 337 g/mol. The highest BCUT2D eigenvalue weighted by atomic mass is 32.2. The van der Waals surface area contributed by atoms with Crippen LogP contribution in [0.2, 0.25) is 0 Å². The molecule has 1 aliphatic carbocycles. The number of carbonyl (C=O) groups is 1. The molecule has 1 aromatic carbocycles. The maximum Gasteiger partial charge on any atom is 0.255 e. The Hall–Kier alpha value is -1.73. The summed E-state index contributed by atoms with van der Waals surface area (Å²) >= 11 is 0. The Kier molecular flexibility index (Phi) is 6.73. The molecule has 0 heterocycles. The fraction of sp³-hybridized carbons (Fsp3) is 0.500. The third-order valence-electron chi connectivity index (χ3n) is 3.75. The smallest absolute Gasteiger partial charge is 0.255 e. The number of hydrogen-bond donors (Lipinski definition) is 2. The van der Waals surface area contributed by atoms with E-state index in [1.54, 1.807) is 18.2 Å².